The van der Waals surface area contributed by atoms with Crippen LogP contribution in [0.5, 0.6) is 0 Å². The van der Waals surface area contributed by atoms with Gasteiger partial charge in [-0.05, 0) is 30.9 Å². The minimum absolute atomic E-state index is 0.0349. The third-order valence-electron chi connectivity index (χ3n) is 4.99. The Hall–Kier alpha value is -2.64. The number of carbonyl (C=O) groups is 2. The minimum Gasteiger partial charge on any atom is -0.459 e. The summed E-state index contributed by atoms with van der Waals surface area (Å²) in [7, 11) is 0. The number of hydrogen-bond acceptors (Lipinski definition) is 6. The third kappa shape index (κ3) is 2.21. The van der Waals surface area contributed by atoms with Crippen LogP contribution in [0, 0.1) is 5.92 Å². The van der Waals surface area contributed by atoms with Crippen molar-refractivity contribution < 1.29 is 18.4 Å². The Bertz CT molecular complexity index is 769. The Morgan fingerprint density at radius 2 is 2.25 bits per heavy atom. The van der Waals surface area contributed by atoms with Gasteiger partial charge in [0.15, 0.2) is 5.76 Å². The van der Waals surface area contributed by atoms with Crippen molar-refractivity contribution in [3.63, 3.8) is 0 Å². The van der Waals surface area contributed by atoms with Gasteiger partial charge in [-0.25, -0.2) is 4.79 Å². The molecule has 8 heteroatoms. The van der Waals surface area contributed by atoms with Crippen LogP contribution >= 0.6 is 0 Å². The van der Waals surface area contributed by atoms with Crippen molar-refractivity contribution in [2.24, 2.45) is 5.92 Å². The zero-order chi connectivity index (χ0) is 16.7. The largest absolute Gasteiger partial charge is 0.459 e. The van der Waals surface area contributed by atoms with Crippen LogP contribution in [0.2, 0.25) is 0 Å². The van der Waals surface area contributed by atoms with E-state index in [1.807, 2.05) is 6.92 Å². The molecule has 0 aromatic carbocycles. The van der Waals surface area contributed by atoms with E-state index in [2.05, 4.69) is 15.5 Å². The van der Waals surface area contributed by atoms with Crippen LogP contribution in [-0.4, -0.2) is 32.6 Å². The number of amides is 3. The number of urea groups is 1. The summed E-state index contributed by atoms with van der Waals surface area (Å²) >= 11 is 0. The second-order valence-corrected chi connectivity index (χ2v) is 6.42. The molecule has 4 rings (SSSR count). The van der Waals surface area contributed by atoms with Crippen LogP contribution in [0.25, 0.3) is 11.7 Å². The van der Waals surface area contributed by atoms with E-state index in [-0.39, 0.29) is 30.2 Å². The van der Waals surface area contributed by atoms with Gasteiger partial charge in [-0.3, -0.25) is 9.69 Å². The lowest BCUT2D eigenvalue weighted by molar-refractivity contribution is -0.134. The van der Waals surface area contributed by atoms with Crippen LogP contribution in [0.4, 0.5) is 4.79 Å². The summed E-state index contributed by atoms with van der Waals surface area (Å²) in [5, 5.41) is 10.7. The fraction of sp³-hybridized carbons (Fsp3) is 0.500. The van der Waals surface area contributed by atoms with E-state index in [0.717, 1.165) is 19.3 Å². The van der Waals surface area contributed by atoms with Crippen molar-refractivity contribution in [1.82, 2.24) is 20.4 Å². The Kier molecular flexibility index (Phi) is 3.40. The first-order valence-corrected chi connectivity index (χ1v) is 8.10. The fourth-order valence-corrected chi connectivity index (χ4v) is 3.59. The first kappa shape index (κ1) is 14.9. The summed E-state index contributed by atoms with van der Waals surface area (Å²) in [6.07, 6.45) is 5.14. The highest BCUT2D eigenvalue weighted by atomic mass is 16.4. The van der Waals surface area contributed by atoms with E-state index >= 15 is 0 Å². The fourth-order valence-electron chi connectivity index (χ4n) is 3.59. The average molecular weight is 330 g/mol. The summed E-state index contributed by atoms with van der Waals surface area (Å²) in [6.45, 7) is 1.98. The molecule has 2 aromatic heterocycles. The Labute approximate surface area is 138 Å². The minimum atomic E-state index is -0.779. The van der Waals surface area contributed by atoms with Crippen LogP contribution < -0.4 is 5.32 Å². The van der Waals surface area contributed by atoms with E-state index in [4.69, 9.17) is 8.83 Å². The molecule has 1 N–H and O–H groups in total. The maximum atomic E-state index is 12.9. The Balaban J connectivity index is 1.55. The number of carbonyl (C=O) groups excluding carboxylic acids is 2. The summed E-state index contributed by atoms with van der Waals surface area (Å²) in [6, 6.07) is 3.01. The number of hydrogen-bond donors (Lipinski definition) is 1. The normalized spacial score (nSPS) is 27.0. The highest BCUT2D eigenvalue weighted by molar-refractivity contribution is 6.07. The predicted octanol–water partition coefficient (Wildman–Crippen LogP) is 2.33. The standard InChI is InChI=1S/C16H18N4O4/c1-10-5-2-3-7-16(10)14(21)20(15(22)17-16)9-12-18-19-13(24-12)11-6-4-8-23-11/h4,6,8,10H,2-3,5,7,9H2,1H3,(H,17,22)/t10-,16-/m1/s1. The topological polar surface area (TPSA) is 101 Å². The molecule has 24 heavy (non-hydrogen) atoms. The molecule has 2 aromatic rings. The van der Waals surface area contributed by atoms with Gasteiger partial charge in [0.05, 0.1) is 6.26 Å². The summed E-state index contributed by atoms with van der Waals surface area (Å²) in [4.78, 5) is 26.4. The van der Waals surface area contributed by atoms with Gasteiger partial charge in [-0.1, -0.05) is 19.8 Å². The van der Waals surface area contributed by atoms with Gasteiger partial charge < -0.3 is 14.2 Å². The molecule has 1 saturated heterocycles. The second-order valence-electron chi connectivity index (χ2n) is 6.42. The molecule has 8 nitrogen and oxygen atoms in total. The van der Waals surface area contributed by atoms with Gasteiger partial charge in [0.2, 0.25) is 5.89 Å². The van der Waals surface area contributed by atoms with Crippen molar-refractivity contribution in [3.05, 3.63) is 24.3 Å². The monoisotopic (exact) mass is 330 g/mol. The quantitative estimate of drug-likeness (QED) is 0.867. The summed E-state index contributed by atoms with van der Waals surface area (Å²) < 4.78 is 10.7. The predicted molar refractivity (Wildman–Crippen MR) is 81.4 cm³/mol. The first-order valence-electron chi connectivity index (χ1n) is 8.10. The Morgan fingerprint density at radius 1 is 1.38 bits per heavy atom. The summed E-state index contributed by atoms with van der Waals surface area (Å²) in [5.74, 6) is 0.794. The van der Waals surface area contributed by atoms with Crippen molar-refractivity contribution in [3.8, 4) is 11.7 Å². The first-order chi connectivity index (χ1) is 11.6. The average Bonchev–Trinajstić information content (AvgIpc) is 3.28. The molecule has 126 valence electrons. The van der Waals surface area contributed by atoms with Crippen molar-refractivity contribution in [1.29, 1.82) is 0 Å². The molecule has 1 spiro atoms. The molecule has 2 atom stereocenters. The third-order valence-corrected chi connectivity index (χ3v) is 4.99. The summed E-state index contributed by atoms with van der Waals surface area (Å²) in [5.41, 5.74) is -0.779. The van der Waals surface area contributed by atoms with Crippen molar-refractivity contribution >= 4 is 11.9 Å². The zero-order valence-corrected chi connectivity index (χ0v) is 13.3. The number of nitrogens with zero attached hydrogens (tertiary/aromatic N) is 3. The van der Waals surface area contributed by atoms with Crippen LogP contribution in [0.3, 0.4) is 0 Å². The van der Waals surface area contributed by atoms with Crippen LogP contribution in [-0.2, 0) is 11.3 Å². The highest BCUT2D eigenvalue weighted by Gasteiger charge is 2.55. The molecule has 0 unspecified atom stereocenters. The molecule has 0 radical (unpaired) electrons. The molecule has 1 aliphatic carbocycles. The smallest absolute Gasteiger partial charge is 0.325 e. The molecule has 1 aliphatic heterocycles. The molecule has 3 amide bonds. The van der Waals surface area contributed by atoms with Gasteiger partial charge in [0.25, 0.3) is 11.8 Å². The van der Waals surface area contributed by atoms with Gasteiger partial charge in [0.1, 0.15) is 12.1 Å². The van der Waals surface area contributed by atoms with Crippen LogP contribution in [0.1, 0.15) is 38.5 Å². The second kappa shape index (κ2) is 5.47. The van der Waals surface area contributed by atoms with Crippen LogP contribution in [0.15, 0.2) is 27.2 Å². The van der Waals surface area contributed by atoms with Gasteiger partial charge in [-0.2, -0.15) is 0 Å². The maximum Gasteiger partial charge on any atom is 0.325 e. The number of nitrogens with one attached hydrogen (secondary N) is 1. The van der Waals surface area contributed by atoms with Crippen molar-refractivity contribution in [2.75, 3.05) is 0 Å². The number of imide groups is 1. The van der Waals surface area contributed by atoms with Gasteiger partial charge in [-0.15, -0.1) is 10.2 Å². The number of aromatic nitrogens is 2. The van der Waals surface area contributed by atoms with E-state index in [1.54, 1.807) is 12.1 Å². The molecule has 1 saturated carbocycles. The molecule has 3 heterocycles. The van der Waals surface area contributed by atoms with E-state index < -0.39 is 11.6 Å². The molecule has 2 fully saturated rings. The lowest BCUT2D eigenvalue weighted by Crippen LogP contribution is -2.53. The number of rotatable bonds is 3. The Morgan fingerprint density at radius 3 is 3.00 bits per heavy atom. The SMILES string of the molecule is C[C@@H]1CCCC[C@@]12NC(=O)N(Cc1nnc(-c3ccco3)o1)C2=O. The van der Waals surface area contributed by atoms with Gasteiger partial charge in [0, 0.05) is 0 Å². The maximum absolute atomic E-state index is 12.9. The van der Waals surface area contributed by atoms with Crippen molar-refractivity contribution in [2.45, 2.75) is 44.7 Å². The van der Waals surface area contributed by atoms with E-state index in [0.29, 0.717) is 12.2 Å². The number of furan rings is 1. The van der Waals surface area contributed by atoms with Gasteiger partial charge >= 0.3 is 6.03 Å². The van der Waals surface area contributed by atoms with E-state index in [9.17, 15) is 9.59 Å². The molecular weight excluding hydrogens is 312 g/mol. The molecule has 2 aliphatic rings. The lowest BCUT2D eigenvalue weighted by atomic mass is 9.73. The molecular formula is C16H18N4O4. The molecule has 0 bridgehead atoms. The lowest BCUT2D eigenvalue weighted by Gasteiger charge is -2.36. The van der Waals surface area contributed by atoms with E-state index in [1.165, 1.54) is 11.2 Å². The highest BCUT2D eigenvalue weighted by Crippen LogP contribution is 2.38. The zero-order valence-electron chi connectivity index (χ0n) is 13.3.